The number of carbonyl (C=O) groups excluding carboxylic acids is 1. The first-order valence-corrected chi connectivity index (χ1v) is 7.80. The van der Waals surface area contributed by atoms with Crippen LogP contribution in [-0.4, -0.2) is 38.3 Å². The lowest BCUT2D eigenvalue weighted by Gasteiger charge is -2.12. The Morgan fingerprint density at radius 3 is 3.00 bits per heavy atom. The van der Waals surface area contributed by atoms with Crippen LogP contribution in [-0.2, 0) is 18.3 Å². The molecule has 0 aliphatic carbocycles. The number of carbonyl (C=O) groups is 1. The molecule has 0 saturated carbocycles. The van der Waals surface area contributed by atoms with Gasteiger partial charge in [0.05, 0.1) is 36.8 Å². The van der Waals surface area contributed by atoms with Crippen LogP contribution in [0.1, 0.15) is 31.4 Å². The average Bonchev–Trinajstić information content (AvgIpc) is 3.22. The molecule has 3 rings (SSSR count). The fraction of sp³-hybridized carbons (Fsp3) is 0.533. The zero-order valence-corrected chi connectivity index (χ0v) is 13.4. The van der Waals surface area contributed by atoms with Crippen molar-refractivity contribution in [1.29, 1.82) is 0 Å². The van der Waals surface area contributed by atoms with Gasteiger partial charge in [-0.15, -0.1) is 0 Å². The van der Waals surface area contributed by atoms with Gasteiger partial charge in [-0.05, 0) is 19.8 Å². The molecule has 3 heterocycles. The average molecular weight is 318 g/mol. The molecular formula is C15H22N6O2. The monoisotopic (exact) mass is 318 g/mol. The normalized spacial score (nSPS) is 18.8. The molecule has 0 radical (unpaired) electrons. The van der Waals surface area contributed by atoms with Crippen molar-refractivity contribution in [3.63, 3.8) is 0 Å². The predicted molar refractivity (Wildman–Crippen MR) is 85.0 cm³/mol. The Hall–Kier alpha value is -2.35. The number of urea groups is 1. The fourth-order valence-corrected chi connectivity index (χ4v) is 2.64. The zero-order chi connectivity index (χ0) is 16.2. The molecule has 8 heteroatoms. The summed E-state index contributed by atoms with van der Waals surface area (Å²) in [6.07, 6.45) is 9.47. The van der Waals surface area contributed by atoms with E-state index in [1.54, 1.807) is 21.8 Å². The molecule has 2 aromatic heterocycles. The van der Waals surface area contributed by atoms with E-state index in [1.807, 2.05) is 26.4 Å². The summed E-state index contributed by atoms with van der Waals surface area (Å²) in [5, 5.41) is 14.0. The number of amides is 2. The van der Waals surface area contributed by atoms with Gasteiger partial charge in [0.2, 0.25) is 0 Å². The first-order chi connectivity index (χ1) is 11.1. The second kappa shape index (κ2) is 6.82. The standard InChI is InChI=1S/C15H22N6O2/c1-11(12-6-16-20(2)8-12)18-15(22)19-13-7-17-21(9-13)10-14-4-3-5-23-14/h6-9,11,14H,3-5,10H2,1-2H3,(H2,18,19,22)/t11-,14+/m1/s1. The van der Waals surface area contributed by atoms with Gasteiger partial charge in [-0.2, -0.15) is 10.2 Å². The summed E-state index contributed by atoms with van der Waals surface area (Å²) in [5.74, 6) is 0. The van der Waals surface area contributed by atoms with Crippen molar-refractivity contribution in [2.45, 2.75) is 38.5 Å². The maximum atomic E-state index is 12.0. The van der Waals surface area contributed by atoms with Crippen molar-refractivity contribution >= 4 is 11.7 Å². The number of aryl methyl sites for hydroxylation is 1. The van der Waals surface area contributed by atoms with Crippen LogP contribution >= 0.6 is 0 Å². The van der Waals surface area contributed by atoms with E-state index in [1.165, 1.54) is 0 Å². The molecule has 2 N–H and O–H groups in total. The predicted octanol–water partition coefficient (Wildman–Crippen LogP) is 1.68. The Morgan fingerprint density at radius 2 is 2.30 bits per heavy atom. The third-order valence-corrected chi connectivity index (χ3v) is 3.88. The summed E-state index contributed by atoms with van der Waals surface area (Å²) in [6, 6.07) is -0.386. The summed E-state index contributed by atoms with van der Waals surface area (Å²) in [6.45, 7) is 3.46. The first kappa shape index (κ1) is 15.5. The lowest BCUT2D eigenvalue weighted by Crippen LogP contribution is -2.30. The highest BCUT2D eigenvalue weighted by Gasteiger charge is 2.17. The Labute approximate surface area is 134 Å². The van der Waals surface area contributed by atoms with Crippen molar-refractivity contribution in [3.8, 4) is 0 Å². The van der Waals surface area contributed by atoms with Crippen molar-refractivity contribution < 1.29 is 9.53 Å². The highest BCUT2D eigenvalue weighted by Crippen LogP contribution is 2.15. The maximum absolute atomic E-state index is 12.0. The Bertz CT molecular complexity index is 658. The summed E-state index contributed by atoms with van der Waals surface area (Å²) in [5.41, 5.74) is 1.62. The third-order valence-electron chi connectivity index (χ3n) is 3.88. The van der Waals surface area contributed by atoms with Gasteiger partial charge in [0.25, 0.3) is 0 Å². The molecule has 2 amide bonds. The van der Waals surface area contributed by atoms with Crippen LogP contribution in [0.3, 0.4) is 0 Å². The largest absolute Gasteiger partial charge is 0.376 e. The van der Waals surface area contributed by atoms with Crippen LogP contribution in [0.4, 0.5) is 10.5 Å². The van der Waals surface area contributed by atoms with Gasteiger partial charge in [-0.1, -0.05) is 0 Å². The summed E-state index contributed by atoms with van der Waals surface area (Å²) in [4.78, 5) is 12.0. The second-order valence-electron chi connectivity index (χ2n) is 5.85. The molecule has 23 heavy (non-hydrogen) atoms. The Kier molecular flexibility index (Phi) is 4.61. The SMILES string of the molecule is C[C@@H](NC(=O)Nc1cnn(C[C@@H]2CCCO2)c1)c1cnn(C)c1. The molecular weight excluding hydrogens is 296 g/mol. The second-order valence-corrected chi connectivity index (χ2v) is 5.85. The fourth-order valence-electron chi connectivity index (χ4n) is 2.64. The minimum absolute atomic E-state index is 0.120. The van der Waals surface area contributed by atoms with Gasteiger partial charge in [0.15, 0.2) is 0 Å². The zero-order valence-electron chi connectivity index (χ0n) is 13.4. The lowest BCUT2D eigenvalue weighted by atomic mass is 10.2. The molecule has 2 aromatic rings. The number of aromatic nitrogens is 4. The smallest absolute Gasteiger partial charge is 0.319 e. The van der Waals surface area contributed by atoms with Crippen molar-refractivity contribution in [1.82, 2.24) is 24.9 Å². The minimum Gasteiger partial charge on any atom is -0.376 e. The number of hydrogen-bond acceptors (Lipinski definition) is 4. The van der Waals surface area contributed by atoms with E-state index in [-0.39, 0.29) is 18.2 Å². The molecule has 1 fully saturated rings. The maximum Gasteiger partial charge on any atom is 0.319 e. The Balaban J connectivity index is 1.50. The van der Waals surface area contributed by atoms with Gasteiger partial charge in [0, 0.05) is 31.6 Å². The van der Waals surface area contributed by atoms with Crippen LogP contribution in [0.15, 0.2) is 24.8 Å². The lowest BCUT2D eigenvalue weighted by molar-refractivity contribution is 0.0940. The summed E-state index contributed by atoms with van der Waals surface area (Å²) >= 11 is 0. The van der Waals surface area contributed by atoms with Gasteiger partial charge in [-0.3, -0.25) is 9.36 Å². The van der Waals surface area contributed by atoms with Gasteiger partial charge in [0.1, 0.15) is 0 Å². The molecule has 0 unspecified atom stereocenters. The van der Waals surface area contributed by atoms with E-state index in [2.05, 4.69) is 20.8 Å². The highest BCUT2D eigenvalue weighted by atomic mass is 16.5. The number of nitrogens with one attached hydrogen (secondary N) is 2. The minimum atomic E-state index is -0.266. The molecule has 0 spiro atoms. The van der Waals surface area contributed by atoms with Crippen molar-refractivity contribution in [3.05, 3.63) is 30.4 Å². The molecule has 0 bridgehead atoms. The molecule has 1 aliphatic heterocycles. The molecule has 2 atom stereocenters. The number of anilines is 1. The van der Waals surface area contributed by atoms with E-state index in [4.69, 9.17) is 4.74 Å². The van der Waals surface area contributed by atoms with E-state index < -0.39 is 0 Å². The highest BCUT2D eigenvalue weighted by molar-refractivity contribution is 5.89. The molecule has 1 saturated heterocycles. The van der Waals surface area contributed by atoms with Crippen LogP contribution in [0, 0.1) is 0 Å². The first-order valence-electron chi connectivity index (χ1n) is 7.80. The van der Waals surface area contributed by atoms with Gasteiger partial charge in [-0.25, -0.2) is 4.79 Å². The topological polar surface area (TPSA) is 86.0 Å². The third kappa shape index (κ3) is 4.10. The van der Waals surface area contributed by atoms with Crippen LogP contribution in [0.25, 0.3) is 0 Å². The van der Waals surface area contributed by atoms with E-state index in [9.17, 15) is 4.79 Å². The van der Waals surface area contributed by atoms with Crippen molar-refractivity contribution in [2.24, 2.45) is 7.05 Å². The van der Waals surface area contributed by atoms with Crippen molar-refractivity contribution in [2.75, 3.05) is 11.9 Å². The number of nitrogens with zero attached hydrogens (tertiary/aromatic N) is 4. The van der Waals surface area contributed by atoms with Crippen LogP contribution in [0.5, 0.6) is 0 Å². The quantitative estimate of drug-likeness (QED) is 0.878. The van der Waals surface area contributed by atoms with Crippen LogP contribution < -0.4 is 10.6 Å². The molecule has 1 aliphatic rings. The Morgan fingerprint density at radius 1 is 1.43 bits per heavy atom. The molecule has 0 aromatic carbocycles. The number of ether oxygens (including phenoxy) is 1. The van der Waals surface area contributed by atoms with E-state index in [0.29, 0.717) is 5.69 Å². The number of rotatable bonds is 5. The summed E-state index contributed by atoms with van der Waals surface area (Å²) in [7, 11) is 1.85. The van der Waals surface area contributed by atoms with Crippen LogP contribution in [0.2, 0.25) is 0 Å². The summed E-state index contributed by atoms with van der Waals surface area (Å²) < 4.78 is 9.09. The van der Waals surface area contributed by atoms with E-state index in [0.717, 1.165) is 31.6 Å². The van der Waals surface area contributed by atoms with Gasteiger partial charge >= 0.3 is 6.03 Å². The van der Waals surface area contributed by atoms with E-state index >= 15 is 0 Å². The number of hydrogen-bond donors (Lipinski definition) is 2. The molecule has 124 valence electrons. The molecule has 8 nitrogen and oxygen atoms in total. The van der Waals surface area contributed by atoms with Gasteiger partial charge < -0.3 is 15.4 Å².